The van der Waals surface area contributed by atoms with Gasteiger partial charge in [-0.25, -0.2) is 0 Å². The van der Waals surface area contributed by atoms with Gasteiger partial charge in [0.25, 0.3) is 0 Å². The predicted molar refractivity (Wildman–Crippen MR) is 126 cm³/mol. The molecule has 0 aliphatic heterocycles. The summed E-state index contributed by atoms with van der Waals surface area (Å²) in [5, 5.41) is 18.6. The predicted octanol–water partition coefficient (Wildman–Crippen LogP) is 2.61. The van der Waals surface area contributed by atoms with Gasteiger partial charge < -0.3 is 26.8 Å². The van der Waals surface area contributed by atoms with Crippen LogP contribution in [0.15, 0.2) is 24.3 Å². The smallest absolute Gasteiger partial charge is 0.242 e. The maximum absolute atomic E-state index is 12.6. The second-order valence-corrected chi connectivity index (χ2v) is 8.05. The van der Waals surface area contributed by atoms with Crippen molar-refractivity contribution in [2.24, 2.45) is 5.73 Å². The van der Waals surface area contributed by atoms with Gasteiger partial charge in [-0.15, -0.1) is 0 Å². The maximum atomic E-state index is 12.6. The van der Waals surface area contributed by atoms with E-state index in [0.29, 0.717) is 19.4 Å². The molecule has 176 valence electrons. The highest BCUT2D eigenvalue weighted by molar-refractivity contribution is 5.87. The third-order valence-electron chi connectivity index (χ3n) is 5.14. The number of hydrogen-bond donors (Lipinski definition) is 5. The van der Waals surface area contributed by atoms with Crippen molar-refractivity contribution in [2.75, 3.05) is 26.2 Å². The van der Waals surface area contributed by atoms with Crippen molar-refractivity contribution in [3.05, 3.63) is 29.8 Å². The molecule has 7 nitrogen and oxygen atoms in total. The van der Waals surface area contributed by atoms with Crippen LogP contribution in [0.2, 0.25) is 0 Å². The Morgan fingerprint density at radius 2 is 1.58 bits per heavy atom. The number of phenols is 1. The molecule has 1 aromatic carbocycles. The number of carbonyl (C=O) groups excluding carboxylic acids is 2. The lowest BCUT2D eigenvalue weighted by atomic mass is 10.0. The summed E-state index contributed by atoms with van der Waals surface area (Å²) in [5.41, 5.74) is 6.38. The van der Waals surface area contributed by atoms with Gasteiger partial charge in [0.1, 0.15) is 11.8 Å². The highest BCUT2D eigenvalue weighted by atomic mass is 16.3. The van der Waals surface area contributed by atoms with Crippen molar-refractivity contribution in [2.45, 2.75) is 77.2 Å². The van der Waals surface area contributed by atoms with Crippen LogP contribution in [0.1, 0.15) is 70.3 Å². The molecule has 0 aliphatic carbocycles. The Balaban J connectivity index is 2.25. The number of amides is 2. The summed E-state index contributed by atoms with van der Waals surface area (Å²) in [7, 11) is 0. The molecule has 7 heteroatoms. The topological polar surface area (TPSA) is 116 Å². The fourth-order valence-electron chi connectivity index (χ4n) is 3.35. The number of unbranched alkanes of at least 4 members (excludes halogenated alkanes) is 5. The van der Waals surface area contributed by atoms with E-state index >= 15 is 0 Å². The van der Waals surface area contributed by atoms with E-state index in [1.165, 1.54) is 32.1 Å². The average molecular weight is 435 g/mol. The summed E-state index contributed by atoms with van der Waals surface area (Å²) in [4.78, 5) is 24.7. The molecule has 0 spiro atoms. The molecule has 1 aromatic rings. The molecular weight excluding hydrogens is 392 g/mol. The average Bonchev–Trinajstić information content (AvgIpc) is 2.75. The van der Waals surface area contributed by atoms with Gasteiger partial charge in [-0.1, -0.05) is 44.7 Å². The van der Waals surface area contributed by atoms with E-state index in [9.17, 15) is 14.7 Å². The minimum atomic E-state index is -0.615. The largest absolute Gasteiger partial charge is 0.508 e. The highest BCUT2D eigenvalue weighted by Gasteiger charge is 2.20. The van der Waals surface area contributed by atoms with Gasteiger partial charge in [-0.3, -0.25) is 9.59 Å². The van der Waals surface area contributed by atoms with Crippen molar-refractivity contribution in [1.29, 1.82) is 0 Å². The van der Waals surface area contributed by atoms with E-state index in [2.05, 4.69) is 16.0 Å². The van der Waals surface area contributed by atoms with E-state index in [1.54, 1.807) is 24.3 Å². The molecule has 0 unspecified atom stereocenters. The van der Waals surface area contributed by atoms with E-state index in [1.807, 2.05) is 6.92 Å². The maximum Gasteiger partial charge on any atom is 0.242 e. The highest BCUT2D eigenvalue weighted by Crippen LogP contribution is 2.11. The van der Waals surface area contributed by atoms with Crippen LogP contribution in [0, 0.1) is 0 Å². The first-order chi connectivity index (χ1) is 15.1. The number of aromatic hydroxyl groups is 1. The molecule has 0 saturated carbocycles. The minimum absolute atomic E-state index is 0.119. The van der Waals surface area contributed by atoms with Gasteiger partial charge in [-0.2, -0.15) is 0 Å². The lowest BCUT2D eigenvalue weighted by Gasteiger charge is -2.19. The molecule has 0 fully saturated rings. The monoisotopic (exact) mass is 434 g/mol. The number of nitrogens with two attached hydrogens (primary N) is 1. The zero-order chi connectivity index (χ0) is 22.7. The van der Waals surface area contributed by atoms with Crippen molar-refractivity contribution in [1.82, 2.24) is 16.0 Å². The van der Waals surface area contributed by atoms with Crippen molar-refractivity contribution in [3.8, 4) is 5.75 Å². The Labute approximate surface area is 187 Å². The first-order valence-corrected chi connectivity index (χ1v) is 11.8. The van der Waals surface area contributed by atoms with Crippen molar-refractivity contribution < 1.29 is 14.7 Å². The third kappa shape index (κ3) is 13.7. The van der Waals surface area contributed by atoms with E-state index in [-0.39, 0.29) is 17.6 Å². The molecule has 0 aromatic heterocycles. The van der Waals surface area contributed by atoms with Gasteiger partial charge in [0.05, 0.1) is 0 Å². The summed E-state index contributed by atoms with van der Waals surface area (Å²) < 4.78 is 0. The quantitative estimate of drug-likeness (QED) is 0.228. The third-order valence-corrected chi connectivity index (χ3v) is 5.14. The van der Waals surface area contributed by atoms with Crippen molar-refractivity contribution >= 4 is 11.8 Å². The van der Waals surface area contributed by atoms with Crippen LogP contribution in [0.3, 0.4) is 0 Å². The summed E-state index contributed by atoms with van der Waals surface area (Å²) in [5.74, 6) is -0.111. The molecule has 0 bridgehead atoms. The lowest BCUT2D eigenvalue weighted by Crippen LogP contribution is -2.48. The molecule has 31 heavy (non-hydrogen) atoms. The number of nitrogens with one attached hydrogen (secondary N) is 3. The van der Waals surface area contributed by atoms with Gasteiger partial charge in [0, 0.05) is 19.4 Å². The second-order valence-electron chi connectivity index (χ2n) is 8.05. The van der Waals surface area contributed by atoms with Crippen LogP contribution in [0.4, 0.5) is 0 Å². The van der Waals surface area contributed by atoms with E-state index in [4.69, 9.17) is 5.73 Å². The first-order valence-electron chi connectivity index (χ1n) is 11.8. The van der Waals surface area contributed by atoms with Crippen LogP contribution in [0.5, 0.6) is 5.75 Å². The fourth-order valence-corrected chi connectivity index (χ4v) is 3.35. The number of hydrogen-bond acceptors (Lipinski definition) is 5. The normalized spacial score (nSPS) is 11.8. The van der Waals surface area contributed by atoms with Crippen LogP contribution >= 0.6 is 0 Å². The summed E-state index contributed by atoms with van der Waals surface area (Å²) in [6, 6.07) is 6.09. The first kappa shape index (κ1) is 26.9. The molecular formula is C24H42N4O3. The molecule has 6 N–H and O–H groups in total. The number of carbonyl (C=O) groups is 2. The molecule has 2 amide bonds. The Morgan fingerprint density at radius 1 is 0.935 bits per heavy atom. The van der Waals surface area contributed by atoms with Gasteiger partial charge in [0.2, 0.25) is 11.8 Å². The zero-order valence-electron chi connectivity index (χ0n) is 19.1. The Bertz CT molecular complexity index is 607. The lowest BCUT2D eigenvalue weighted by molar-refractivity contribution is -0.129. The molecule has 0 aliphatic rings. The van der Waals surface area contributed by atoms with E-state index < -0.39 is 6.04 Å². The zero-order valence-corrected chi connectivity index (χ0v) is 19.1. The van der Waals surface area contributed by atoms with Gasteiger partial charge >= 0.3 is 0 Å². The second kappa shape index (κ2) is 17.5. The van der Waals surface area contributed by atoms with Gasteiger partial charge in [-0.05, 0) is 63.0 Å². The SMILES string of the molecule is CCCC(=O)N[C@H](Cc1ccc(O)cc1)C(=O)NCCCNCCCCCCCCN. The molecule has 0 saturated heterocycles. The number of rotatable bonds is 18. The molecule has 1 rings (SSSR count). The Morgan fingerprint density at radius 3 is 2.26 bits per heavy atom. The Kier molecular flexibility index (Phi) is 15.2. The van der Waals surface area contributed by atoms with Crippen LogP contribution in [-0.2, 0) is 16.0 Å². The van der Waals surface area contributed by atoms with Crippen LogP contribution < -0.4 is 21.7 Å². The number of phenolic OH excluding ortho intramolecular Hbond substituents is 1. The summed E-state index contributed by atoms with van der Waals surface area (Å²) in [6.07, 6.45) is 9.68. The van der Waals surface area contributed by atoms with E-state index in [0.717, 1.165) is 44.5 Å². The standard InChI is InChI=1S/C24H42N4O3/c1-2-10-23(30)28-22(19-20-11-13-21(29)14-12-20)24(31)27-18-9-17-26-16-8-6-4-3-5-7-15-25/h11-14,22,26,29H,2-10,15-19,25H2,1H3,(H,27,31)(H,28,30)/t22-/m1/s1. The van der Waals surface area contributed by atoms with Gasteiger partial charge in [0.15, 0.2) is 0 Å². The summed E-state index contributed by atoms with van der Waals surface area (Å²) >= 11 is 0. The molecule has 0 radical (unpaired) electrons. The van der Waals surface area contributed by atoms with Crippen molar-refractivity contribution in [3.63, 3.8) is 0 Å². The number of benzene rings is 1. The van der Waals surface area contributed by atoms with Crippen LogP contribution in [0.25, 0.3) is 0 Å². The van der Waals surface area contributed by atoms with Crippen LogP contribution in [-0.4, -0.2) is 49.1 Å². The molecule has 0 heterocycles. The summed E-state index contributed by atoms with van der Waals surface area (Å²) in [6.45, 7) is 5.16. The molecule has 1 atom stereocenters. The fraction of sp³-hybridized carbons (Fsp3) is 0.667. The minimum Gasteiger partial charge on any atom is -0.508 e. The Hall–Kier alpha value is -2.12.